The van der Waals surface area contributed by atoms with Crippen molar-refractivity contribution < 1.29 is 13.5 Å². The summed E-state index contributed by atoms with van der Waals surface area (Å²) in [4.78, 5) is 0. The Kier molecular flexibility index (Phi) is 5.32. The average molecular weight is 322 g/mol. The minimum absolute atomic E-state index is 0.197. The van der Waals surface area contributed by atoms with E-state index in [-0.39, 0.29) is 12.4 Å². The molecule has 0 aliphatic heterocycles. The van der Waals surface area contributed by atoms with Crippen LogP contribution in [0.25, 0.3) is 0 Å². The molecule has 0 saturated heterocycles. The van der Waals surface area contributed by atoms with Crippen LogP contribution in [0.5, 0.6) is 5.75 Å². The van der Waals surface area contributed by atoms with Crippen molar-refractivity contribution in [2.24, 2.45) is 5.92 Å². The Labute approximate surface area is 133 Å². The molecule has 1 fully saturated rings. The third-order valence-corrected chi connectivity index (χ3v) is 4.84. The fourth-order valence-corrected chi connectivity index (χ4v) is 3.54. The van der Waals surface area contributed by atoms with Crippen molar-refractivity contribution >= 4 is 11.8 Å². The van der Waals surface area contributed by atoms with Crippen LogP contribution in [-0.2, 0) is 6.61 Å². The molecule has 1 aromatic heterocycles. The number of hydrogen-bond donors (Lipinski definition) is 0. The Morgan fingerprint density at radius 3 is 2.68 bits per heavy atom. The summed E-state index contributed by atoms with van der Waals surface area (Å²) in [5.41, 5.74) is 0. The molecule has 2 aromatic rings. The molecular weight excluding hydrogens is 303 g/mol. The van der Waals surface area contributed by atoms with Crippen molar-refractivity contribution in [3.05, 3.63) is 36.0 Å². The lowest BCUT2D eigenvalue weighted by Crippen LogP contribution is -2.08. The molecule has 22 heavy (non-hydrogen) atoms. The Morgan fingerprint density at radius 2 is 1.91 bits per heavy atom. The van der Waals surface area contributed by atoms with Crippen LogP contribution < -0.4 is 4.74 Å². The molecule has 4 nitrogen and oxygen atoms in total. The van der Waals surface area contributed by atoms with Crippen molar-refractivity contribution in [1.29, 1.82) is 0 Å². The fraction of sp³-hybridized carbons (Fsp3) is 0.500. The van der Waals surface area contributed by atoms with Gasteiger partial charge in [-0.2, -0.15) is 0 Å². The summed E-state index contributed by atoms with van der Waals surface area (Å²) in [6.07, 6.45) is 6.66. The molecule has 1 heterocycles. The SMILES string of the molecule is Fc1ccc(OCc2nnc(SCC3CCCCC3)o2)cc1. The van der Waals surface area contributed by atoms with Gasteiger partial charge in [-0.25, -0.2) is 4.39 Å². The minimum Gasteiger partial charge on any atom is -0.484 e. The Bertz CT molecular complexity index is 582. The highest BCUT2D eigenvalue weighted by atomic mass is 32.2. The fourth-order valence-electron chi connectivity index (χ4n) is 2.57. The molecule has 6 heteroatoms. The van der Waals surface area contributed by atoms with Gasteiger partial charge in [0.15, 0.2) is 6.61 Å². The standard InChI is InChI=1S/C16H19FN2O2S/c17-13-6-8-14(9-7-13)20-10-15-18-19-16(21-15)22-11-12-4-2-1-3-5-12/h6-9,12H,1-5,10-11H2. The second-order valence-corrected chi connectivity index (χ2v) is 6.49. The molecule has 1 aliphatic rings. The van der Waals surface area contributed by atoms with Crippen LogP contribution in [0, 0.1) is 11.7 Å². The molecule has 118 valence electrons. The molecule has 0 N–H and O–H groups in total. The van der Waals surface area contributed by atoms with E-state index in [1.54, 1.807) is 23.9 Å². The summed E-state index contributed by atoms with van der Waals surface area (Å²) in [5, 5.41) is 8.61. The highest BCUT2D eigenvalue weighted by Crippen LogP contribution is 2.29. The second-order valence-electron chi connectivity index (χ2n) is 5.52. The first-order valence-electron chi connectivity index (χ1n) is 7.63. The van der Waals surface area contributed by atoms with Gasteiger partial charge < -0.3 is 9.15 Å². The van der Waals surface area contributed by atoms with Crippen LogP contribution in [0.2, 0.25) is 0 Å². The molecule has 1 saturated carbocycles. The highest BCUT2D eigenvalue weighted by Gasteiger charge is 2.15. The Balaban J connectivity index is 1.45. The highest BCUT2D eigenvalue weighted by molar-refractivity contribution is 7.99. The monoisotopic (exact) mass is 322 g/mol. The number of rotatable bonds is 6. The molecule has 1 aromatic carbocycles. The topological polar surface area (TPSA) is 48.2 Å². The van der Waals surface area contributed by atoms with Gasteiger partial charge in [-0.05, 0) is 43.0 Å². The zero-order chi connectivity index (χ0) is 15.2. The Morgan fingerprint density at radius 1 is 1.14 bits per heavy atom. The first-order chi connectivity index (χ1) is 10.8. The predicted octanol–water partition coefficient (Wildman–Crippen LogP) is 4.46. The quantitative estimate of drug-likeness (QED) is 0.735. The summed E-state index contributed by atoms with van der Waals surface area (Å²) in [7, 11) is 0. The second kappa shape index (κ2) is 7.63. The third kappa shape index (κ3) is 4.47. The summed E-state index contributed by atoms with van der Waals surface area (Å²) >= 11 is 1.63. The van der Waals surface area contributed by atoms with Crippen LogP contribution in [0.4, 0.5) is 4.39 Å². The molecule has 0 bridgehead atoms. The molecule has 3 rings (SSSR count). The van der Waals surface area contributed by atoms with Crippen LogP contribution in [0.15, 0.2) is 33.9 Å². The number of nitrogens with zero attached hydrogens (tertiary/aromatic N) is 2. The average Bonchev–Trinajstić information content (AvgIpc) is 3.01. The Hall–Kier alpha value is -1.56. The largest absolute Gasteiger partial charge is 0.484 e. The van der Waals surface area contributed by atoms with Crippen LogP contribution >= 0.6 is 11.8 Å². The van der Waals surface area contributed by atoms with E-state index in [0.29, 0.717) is 16.9 Å². The van der Waals surface area contributed by atoms with Gasteiger partial charge in [-0.3, -0.25) is 0 Å². The van der Waals surface area contributed by atoms with E-state index >= 15 is 0 Å². The first kappa shape index (κ1) is 15.3. The van der Waals surface area contributed by atoms with Crippen LogP contribution in [-0.4, -0.2) is 16.0 Å². The summed E-state index contributed by atoms with van der Waals surface area (Å²) < 4.78 is 23.8. The summed E-state index contributed by atoms with van der Waals surface area (Å²) in [6.45, 7) is 0.197. The predicted molar refractivity (Wildman–Crippen MR) is 82.3 cm³/mol. The van der Waals surface area contributed by atoms with Gasteiger partial charge in [-0.15, -0.1) is 10.2 Å². The van der Waals surface area contributed by atoms with Crippen molar-refractivity contribution in [2.45, 2.75) is 43.9 Å². The van der Waals surface area contributed by atoms with Crippen molar-refractivity contribution in [3.63, 3.8) is 0 Å². The maximum atomic E-state index is 12.8. The van der Waals surface area contributed by atoms with Gasteiger partial charge in [-0.1, -0.05) is 31.0 Å². The number of halogens is 1. The number of thioether (sulfide) groups is 1. The molecule has 0 atom stereocenters. The van der Waals surface area contributed by atoms with Gasteiger partial charge in [0.05, 0.1) is 0 Å². The van der Waals surface area contributed by atoms with E-state index in [1.807, 2.05) is 0 Å². The molecular formula is C16H19FN2O2S. The molecule has 0 unspecified atom stereocenters. The normalized spacial score (nSPS) is 15.9. The van der Waals surface area contributed by atoms with E-state index in [4.69, 9.17) is 9.15 Å². The van der Waals surface area contributed by atoms with Gasteiger partial charge in [0.25, 0.3) is 11.1 Å². The maximum absolute atomic E-state index is 12.8. The van der Waals surface area contributed by atoms with E-state index in [1.165, 1.54) is 44.2 Å². The smallest absolute Gasteiger partial charge is 0.276 e. The van der Waals surface area contributed by atoms with E-state index in [9.17, 15) is 4.39 Å². The minimum atomic E-state index is -0.286. The van der Waals surface area contributed by atoms with Crippen molar-refractivity contribution in [2.75, 3.05) is 5.75 Å². The lowest BCUT2D eigenvalue weighted by Gasteiger charge is -2.19. The summed E-state index contributed by atoms with van der Waals surface area (Å²) in [6, 6.07) is 5.86. The maximum Gasteiger partial charge on any atom is 0.276 e. The molecule has 0 radical (unpaired) electrons. The van der Waals surface area contributed by atoms with Crippen molar-refractivity contribution in [3.8, 4) is 5.75 Å². The zero-order valence-corrected chi connectivity index (χ0v) is 13.2. The first-order valence-corrected chi connectivity index (χ1v) is 8.62. The van der Waals surface area contributed by atoms with Gasteiger partial charge in [0.1, 0.15) is 11.6 Å². The molecule has 1 aliphatic carbocycles. The molecule has 0 spiro atoms. The van der Waals surface area contributed by atoms with E-state index in [0.717, 1.165) is 11.7 Å². The van der Waals surface area contributed by atoms with Gasteiger partial charge in [0, 0.05) is 5.75 Å². The van der Waals surface area contributed by atoms with E-state index in [2.05, 4.69) is 10.2 Å². The summed E-state index contributed by atoms with van der Waals surface area (Å²) in [5.74, 6) is 2.54. The lowest BCUT2D eigenvalue weighted by atomic mass is 9.91. The lowest BCUT2D eigenvalue weighted by molar-refractivity contribution is 0.251. The third-order valence-electron chi connectivity index (χ3n) is 3.79. The van der Waals surface area contributed by atoms with E-state index < -0.39 is 0 Å². The van der Waals surface area contributed by atoms with Crippen molar-refractivity contribution in [1.82, 2.24) is 10.2 Å². The van der Waals surface area contributed by atoms with Gasteiger partial charge >= 0.3 is 0 Å². The number of hydrogen-bond acceptors (Lipinski definition) is 5. The number of benzene rings is 1. The zero-order valence-electron chi connectivity index (χ0n) is 12.3. The number of ether oxygens (including phenoxy) is 1. The van der Waals surface area contributed by atoms with Gasteiger partial charge in [0.2, 0.25) is 0 Å². The molecule has 0 amide bonds. The van der Waals surface area contributed by atoms with Crippen LogP contribution in [0.1, 0.15) is 38.0 Å². The number of aromatic nitrogens is 2. The van der Waals surface area contributed by atoms with Crippen LogP contribution in [0.3, 0.4) is 0 Å².